The van der Waals surface area contributed by atoms with Gasteiger partial charge in [0.25, 0.3) is 0 Å². The topological polar surface area (TPSA) is 100 Å². The monoisotopic (exact) mass is 1170 g/mol. The number of hydrogen-bond acceptors (Lipinski definition) is 5. The van der Waals surface area contributed by atoms with Crippen molar-refractivity contribution in [3.63, 3.8) is 0 Å². The van der Waals surface area contributed by atoms with Crippen molar-refractivity contribution < 1.29 is 0 Å². The molecule has 3 heterocycles. The van der Waals surface area contributed by atoms with E-state index < -0.39 is 0 Å². The Kier molecular flexibility index (Phi) is 14.2. The van der Waals surface area contributed by atoms with Gasteiger partial charge in [-0.05, 0) is 193 Å². The molecule has 0 saturated carbocycles. The molecule has 0 aliphatic rings. The van der Waals surface area contributed by atoms with Gasteiger partial charge in [-0.15, -0.1) is 0 Å². The average molecular weight is 1170 g/mol. The number of rotatable bonds is 8. The summed E-state index contributed by atoms with van der Waals surface area (Å²) >= 11 is 0. The summed E-state index contributed by atoms with van der Waals surface area (Å²) in [6.07, 6.45) is 0. The first-order chi connectivity index (χ1) is 42.9. The fraction of sp³-hybridized carbons (Fsp3) is 0.195. The lowest BCUT2D eigenvalue weighted by molar-refractivity contribution is 0.590. The van der Waals surface area contributed by atoms with Gasteiger partial charge in [-0.2, -0.15) is 10.5 Å². The Hall–Kier alpha value is -10.7. The molecule has 0 aliphatic heterocycles. The van der Waals surface area contributed by atoms with Gasteiger partial charge in [0, 0.05) is 49.6 Å². The Morgan fingerprint density at radius 2 is 0.700 bits per heavy atom. The van der Waals surface area contributed by atoms with Crippen molar-refractivity contribution in [1.82, 2.24) is 24.1 Å². The fourth-order valence-electron chi connectivity index (χ4n) is 12.5. The fourth-order valence-corrected chi connectivity index (χ4v) is 12.5. The van der Waals surface area contributed by atoms with Crippen LogP contribution in [0.2, 0.25) is 0 Å². The van der Waals surface area contributed by atoms with Gasteiger partial charge in [-0.3, -0.25) is 0 Å². The summed E-state index contributed by atoms with van der Waals surface area (Å²) in [6.45, 7) is 35.3. The lowest BCUT2D eigenvalue weighted by Crippen LogP contribution is -2.10. The molecule has 0 amide bonds. The van der Waals surface area contributed by atoms with Crippen LogP contribution in [0, 0.1) is 29.2 Å². The van der Waals surface area contributed by atoms with E-state index in [2.05, 4.69) is 243 Å². The molecule has 0 atom stereocenters. The highest BCUT2D eigenvalue weighted by molar-refractivity contribution is 6.11. The number of nitrogens with zero attached hydrogens (tertiary/aromatic N) is 8. The Labute approximate surface area is 527 Å². The van der Waals surface area contributed by atoms with Crippen LogP contribution in [0.4, 0.5) is 5.69 Å². The first-order valence-electron chi connectivity index (χ1n) is 30.8. The number of aromatic nitrogens is 5. The predicted molar refractivity (Wildman–Crippen MR) is 372 cm³/mol. The summed E-state index contributed by atoms with van der Waals surface area (Å²) in [7, 11) is 0. The molecule has 0 bridgehead atoms. The van der Waals surface area contributed by atoms with E-state index in [1.165, 1.54) is 43.8 Å². The van der Waals surface area contributed by atoms with E-state index in [4.69, 9.17) is 21.5 Å². The molecule has 3 aromatic heterocycles. The molecule has 13 aromatic rings. The molecule has 8 nitrogen and oxygen atoms in total. The summed E-state index contributed by atoms with van der Waals surface area (Å²) in [5.74, 6) is 1.35. The van der Waals surface area contributed by atoms with Gasteiger partial charge < -0.3 is 9.13 Å². The third kappa shape index (κ3) is 10.7. The first kappa shape index (κ1) is 58.3. The summed E-state index contributed by atoms with van der Waals surface area (Å²) in [5, 5.41) is 24.8. The van der Waals surface area contributed by atoms with E-state index in [0.717, 1.165) is 83.5 Å². The number of hydrogen-bond donors (Lipinski definition) is 0. The lowest BCUT2D eigenvalue weighted by atomic mass is 9.85. The highest BCUT2D eigenvalue weighted by Gasteiger charge is 2.26. The smallest absolute Gasteiger partial charge is 0.187 e. The van der Waals surface area contributed by atoms with Gasteiger partial charge in [0.05, 0.1) is 51.9 Å². The van der Waals surface area contributed by atoms with E-state index in [1.807, 2.05) is 72.8 Å². The van der Waals surface area contributed by atoms with Crippen LogP contribution >= 0.6 is 0 Å². The molecule has 0 radical (unpaired) electrons. The Balaban J connectivity index is 1.07. The van der Waals surface area contributed by atoms with Crippen LogP contribution in [0.15, 0.2) is 206 Å². The standard InChI is InChI=1S/C82H70N8/c1-79(2,3)57-28-36-72-68(42-57)69-43-58(80(4,5)6)29-37-73(69)89(72)62-32-34-64(66(46-62)55-17-14-16-51(40-55)49-84)77-86-76(54-26-24-53(25-27-54)52-22-20-50(48-83)21-23-52)87-78(88-77)65-35-33-63(47-67(65)56-18-15-19-61(41-56)85-13)90-74-38-30-59(81(7,8)9)44-70(74)71-45-60(82(10,11)12)31-39-75(71)90/h14-47H,1-12H3. The van der Waals surface area contributed by atoms with Gasteiger partial charge in [0.15, 0.2) is 23.2 Å². The maximum atomic E-state index is 10.4. The predicted octanol–water partition coefficient (Wildman–Crippen LogP) is 21.6. The molecule has 0 N–H and O–H groups in total. The molecule has 90 heavy (non-hydrogen) atoms. The maximum absolute atomic E-state index is 10.4. The quantitative estimate of drug-likeness (QED) is 0.141. The molecule has 0 saturated heterocycles. The molecule has 438 valence electrons. The Bertz CT molecular complexity index is 4760. The third-order valence-electron chi connectivity index (χ3n) is 17.7. The van der Waals surface area contributed by atoms with Crippen molar-refractivity contribution in [2.45, 2.75) is 105 Å². The zero-order valence-electron chi connectivity index (χ0n) is 53.2. The molecular formula is C82H70N8. The van der Waals surface area contributed by atoms with Crippen LogP contribution in [0.25, 0.3) is 127 Å². The Morgan fingerprint density at radius 1 is 0.333 bits per heavy atom. The number of nitriles is 2. The summed E-state index contributed by atoms with van der Waals surface area (Å²) in [6, 6.07) is 76.5. The lowest BCUT2D eigenvalue weighted by Gasteiger charge is -2.19. The second kappa shape index (κ2) is 21.8. The second-order valence-electron chi connectivity index (χ2n) is 28.0. The molecule has 8 heteroatoms. The molecule has 0 aliphatic carbocycles. The van der Waals surface area contributed by atoms with E-state index in [9.17, 15) is 10.5 Å². The van der Waals surface area contributed by atoms with Crippen LogP contribution < -0.4 is 0 Å². The highest BCUT2D eigenvalue weighted by Crippen LogP contribution is 2.44. The van der Waals surface area contributed by atoms with Gasteiger partial charge in [0.1, 0.15) is 0 Å². The Morgan fingerprint density at radius 3 is 1.09 bits per heavy atom. The van der Waals surface area contributed by atoms with Crippen molar-refractivity contribution in [2.75, 3.05) is 0 Å². The normalized spacial score (nSPS) is 12.2. The minimum absolute atomic E-state index is 0.0639. The zero-order chi connectivity index (χ0) is 63.2. The van der Waals surface area contributed by atoms with Crippen molar-refractivity contribution in [1.29, 1.82) is 10.5 Å². The van der Waals surface area contributed by atoms with Crippen LogP contribution in [0.5, 0.6) is 0 Å². The second-order valence-corrected chi connectivity index (χ2v) is 28.0. The molecule has 0 fully saturated rings. The third-order valence-corrected chi connectivity index (χ3v) is 17.7. The van der Waals surface area contributed by atoms with Crippen molar-refractivity contribution in [2.24, 2.45) is 0 Å². The molecular weight excluding hydrogens is 1100 g/mol. The SMILES string of the molecule is [C-]#[N+]c1cccc(-c2cc(-n3c4ccc(C(C)(C)C)cc4c4cc(C(C)(C)C)ccc43)ccc2-c2nc(-c3ccc(-c4ccc(C#N)cc4)cc3)nc(-c3ccc(-n4c5ccc(C(C)(C)C)cc5c5cc(C(C)(C)C)ccc54)cc3-c3cccc(C#N)c3)n2)c1. The minimum atomic E-state index is -0.0649. The molecule has 13 rings (SSSR count). The van der Waals surface area contributed by atoms with E-state index in [0.29, 0.717) is 34.3 Å². The van der Waals surface area contributed by atoms with Crippen LogP contribution in [-0.4, -0.2) is 24.1 Å². The molecule has 0 unspecified atom stereocenters. The van der Waals surface area contributed by atoms with Gasteiger partial charge in [0.2, 0.25) is 0 Å². The maximum Gasteiger partial charge on any atom is 0.187 e. The first-order valence-corrected chi connectivity index (χ1v) is 30.8. The average Bonchev–Trinajstić information content (AvgIpc) is 1.67. The minimum Gasteiger partial charge on any atom is -0.309 e. The summed E-state index contributed by atoms with van der Waals surface area (Å²) in [5.41, 5.74) is 20.3. The van der Waals surface area contributed by atoms with Crippen molar-refractivity contribution in [3.05, 3.63) is 251 Å². The van der Waals surface area contributed by atoms with Crippen LogP contribution in [0.3, 0.4) is 0 Å². The number of benzene rings is 10. The highest BCUT2D eigenvalue weighted by atomic mass is 15.0. The zero-order valence-corrected chi connectivity index (χ0v) is 53.2. The van der Waals surface area contributed by atoms with Crippen molar-refractivity contribution in [3.8, 4) is 91.1 Å². The van der Waals surface area contributed by atoms with Gasteiger partial charge in [-0.1, -0.05) is 174 Å². The van der Waals surface area contributed by atoms with Gasteiger partial charge >= 0.3 is 0 Å². The van der Waals surface area contributed by atoms with Gasteiger partial charge in [-0.25, -0.2) is 19.8 Å². The largest absolute Gasteiger partial charge is 0.309 e. The molecule has 0 spiro atoms. The van der Waals surface area contributed by atoms with Crippen LogP contribution in [0.1, 0.15) is 116 Å². The van der Waals surface area contributed by atoms with E-state index in [1.54, 1.807) is 0 Å². The summed E-state index contributed by atoms with van der Waals surface area (Å²) in [4.78, 5) is 20.4. The summed E-state index contributed by atoms with van der Waals surface area (Å²) < 4.78 is 4.72. The van der Waals surface area contributed by atoms with E-state index >= 15 is 0 Å². The van der Waals surface area contributed by atoms with E-state index in [-0.39, 0.29) is 21.7 Å². The van der Waals surface area contributed by atoms with Crippen LogP contribution in [-0.2, 0) is 21.7 Å². The molecule has 10 aromatic carbocycles. The number of fused-ring (bicyclic) bond motifs is 6. The van der Waals surface area contributed by atoms with Crippen molar-refractivity contribution >= 4 is 49.3 Å².